The predicted molar refractivity (Wildman–Crippen MR) is 30.8 cm³/mol. The van der Waals surface area contributed by atoms with Crippen LogP contribution in [-0.4, -0.2) is 22.3 Å². The molecule has 0 unspecified atom stereocenters. The van der Waals surface area contributed by atoms with Crippen molar-refractivity contribution < 1.29 is 5.02 Å². The number of aryl methyl sites for hydroxylation is 1. The number of nitrogens with zero attached hydrogens (tertiary/aromatic N) is 2. The highest BCUT2D eigenvalue weighted by Crippen LogP contribution is 1.72. The van der Waals surface area contributed by atoms with E-state index in [1.54, 1.807) is 24.0 Å². The standard InChI is InChI=1S/C4H6BN2O/c1-7-3-2-4(5-8)6-7/h2-3,8H,1H3. The first-order valence-corrected chi connectivity index (χ1v) is 2.30. The molecular weight excluding hydrogens is 103 g/mol. The van der Waals surface area contributed by atoms with Crippen LogP contribution < -0.4 is 5.59 Å². The van der Waals surface area contributed by atoms with Crippen molar-refractivity contribution in [1.29, 1.82) is 0 Å². The lowest BCUT2D eigenvalue weighted by Crippen LogP contribution is -2.15. The average Bonchev–Trinajstić information content (AvgIpc) is 2.14. The molecule has 0 fully saturated rings. The van der Waals surface area contributed by atoms with E-state index in [4.69, 9.17) is 5.02 Å². The Labute approximate surface area is 48.2 Å². The van der Waals surface area contributed by atoms with Crippen molar-refractivity contribution in [3.63, 3.8) is 0 Å². The number of aromatic nitrogens is 2. The van der Waals surface area contributed by atoms with Crippen molar-refractivity contribution in [2.45, 2.75) is 0 Å². The summed E-state index contributed by atoms with van der Waals surface area (Å²) < 4.78 is 1.63. The van der Waals surface area contributed by atoms with Gasteiger partial charge in [-0.05, 0) is 6.07 Å². The molecule has 4 heteroatoms. The van der Waals surface area contributed by atoms with Crippen molar-refractivity contribution in [1.82, 2.24) is 9.78 Å². The van der Waals surface area contributed by atoms with Crippen molar-refractivity contribution in [3.05, 3.63) is 12.3 Å². The van der Waals surface area contributed by atoms with E-state index in [9.17, 15) is 0 Å². The van der Waals surface area contributed by atoms with Crippen LogP contribution in [0, 0.1) is 0 Å². The summed E-state index contributed by atoms with van der Waals surface area (Å²) in [6.07, 6.45) is 1.77. The van der Waals surface area contributed by atoms with Crippen LogP contribution in [-0.2, 0) is 7.05 Å². The fourth-order valence-corrected chi connectivity index (χ4v) is 0.502. The first-order valence-electron chi connectivity index (χ1n) is 2.30. The third-order valence-corrected chi connectivity index (χ3v) is 0.867. The molecule has 0 bridgehead atoms. The van der Waals surface area contributed by atoms with Gasteiger partial charge in [-0.1, -0.05) is 0 Å². The Morgan fingerprint density at radius 2 is 2.62 bits per heavy atom. The van der Waals surface area contributed by atoms with Crippen molar-refractivity contribution in [3.8, 4) is 0 Å². The Morgan fingerprint density at radius 1 is 1.88 bits per heavy atom. The molecule has 0 amide bonds. The van der Waals surface area contributed by atoms with Crippen LogP contribution in [0.3, 0.4) is 0 Å². The van der Waals surface area contributed by atoms with E-state index in [1.165, 1.54) is 0 Å². The minimum Gasteiger partial charge on any atom is -0.449 e. The minimum absolute atomic E-state index is 0.590. The molecule has 0 aromatic carbocycles. The molecule has 0 atom stereocenters. The molecule has 1 rings (SSSR count). The van der Waals surface area contributed by atoms with E-state index in [1.807, 2.05) is 0 Å². The average molecular weight is 109 g/mol. The smallest absolute Gasteiger partial charge is 0.350 e. The molecule has 1 aromatic heterocycles. The maximum atomic E-state index is 8.35. The lowest BCUT2D eigenvalue weighted by molar-refractivity contribution is 0.612. The Kier molecular flexibility index (Phi) is 1.35. The van der Waals surface area contributed by atoms with Gasteiger partial charge in [-0.15, -0.1) is 0 Å². The third kappa shape index (κ3) is 0.896. The van der Waals surface area contributed by atoms with E-state index in [2.05, 4.69) is 5.10 Å². The molecule has 8 heavy (non-hydrogen) atoms. The highest BCUT2D eigenvalue weighted by Gasteiger charge is 1.93. The molecule has 0 saturated heterocycles. The van der Waals surface area contributed by atoms with Gasteiger partial charge in [-0.25, -0.2) is 0 Å². The summed E-state index contributed by atoms with van der Waals surface area (Å²) in [6, 6.07) is 1.72. The first kappa shape index (κ1) is 5.37. The topological polar surface area (TPSA) is 38.0 Å². The van der Waals surface area contributed by atoms with Crippen molar-refractivity contribution >= 4 is 13.1 Å². The summed E-state index contributed by atoms with van der Waals surface area (Å²) in [5, 5.41) is 12.2. The molecule has 1 radical (unpaired) electrons. The Morgan fingerprint density at radius 3 is 2.88 bits per heavy atom. The molecular formula is C4H6BN2O. The quantitative estimate of drug-likeness (QED) is 0.453. The van der Waals surface area contributed by atoms with Gasteiger partial charge in [0.15, 0.2) is 0 Å². The molecule has 0 saturated carbocycles. The van der Waals surface area contributed by atoms with E-state index in [-0.39, 0.29) is 0 Å². The van der Waals surface area contributed by atoms with Gasteiger partial charge in [0.2, 0.25) is 0 Å². The van der Waals surface area contributed by atoms with Crippen LogP contribution >= 0.6 is 0 Å². The highest BCUT2D eigenvalue weighted by molar-refractivity contribution is 6.44. The summed E-state index contributed by atoms with van der Waals surface area (Å²) >= 11 is 0. The van der Waals surface area contributed by atoms with E-state index >= 15 is 0 Å². The normalized spacial score (nSPS) is 9.25. The molecule has 0 aliphatic carbocycles. The SMILES string of the molecule is Cn1ccc([B]O)n1. The van der Waals surface area contributed by atoms with E-state index in [0.29, 0.717) is 5.59 Å². The third-order valence-electron chi connectivity index (χ3n) is 0.867. The number of hydrogen-bond acceptors (Lipinski definition) is 2. The monoisotopic (exact) mass is 109 g/mol. The molecule has 0 spiro atoms. The van der Waals surface area contributed by atoms with Crippen LogP contribution in [0.2, 0.25) is 0 Å². The Bertz CT molecular complexity index is 174. The first-order chi connectivity index (χ1) is 3.83. The summed E-state index contributed by atoms with van der Waals surface area (Å²) in [5.74, 6) is 0. The maximum absolute atomic E-state index is 8.35. The van der Waals surface area contributed by atoms with Crippen LogP contribution in [0.25, 0.3) is 0 Å². The fraction of sp³-hybridized carbons (Fsp3) is 0.250. The Hall–Kier alpha value is -0.765. The zero-order chi connectivity index (χ0) is 5.98. The van der Waals surface area contributed by atoms with Gasteiger partial charge < -0.3 is 5.02 Å². The van der Waals surface area contributed by atoms with Crippen LogP contribution in [0.5, 0.6) is 0 Å². The lowest BCUT2D eigenvalue weighted by Gasteiger charge is -1.82. The van der Waals surface area contributed by atoms with Gasteiger partial charge in [0, 0.05) is 13.2 Å². The second-order valence-corrected chi connectivity index (χ2v) is 1.54. The summed E-state index contributed by atoms with van der Waals surface area (Å²) in [6.45, 7) is 0. The van der Waals surface area contributed by atoms with Gasteiger partial charge in [-0.3, -0.25) is 4.68 Å². The van der Waals surface area contributed by atoms with Crippen LogP contribution in [0.15, 0.2) is 12.3 Å². The molecule has 3 nitrogen and oxygen atoms in total. The molecule has 41 valence electrons. The fourth-order valence-electron chi connectivity index (χ4n) is 0.502. The second-order valence-electron chi connectivity index (χ2n) is 1.54. The molecule has 1 heterocycles. The zero-order valence-electron chi connectivity index (χ0n) is 4.57. The number of hydrogen-bond donors (Lipinski definition) is 1. The molecule has 0 aliphatic rings. The highest BCUT2D eigenvalue weighted by atomic mass is 16.2. The minimum atomic E-state index is 0.590. The van der Waals surface area contributed by atoms with Crippen LogP contribution in [0.4, 0.5) is 0 Å². The predicted octanol–water partition coefficient (Wildman–Crippen LogP) is -1.34. The maximum Gasteiger partial charge on any atom is 0.350 e. The van der Waals surface area contributed by atoms with E-state index < -0.39 is 0 Å². The lowest BCUT2D eigenvalue weighted by atomic mass is 9.97. The molecule has 1 aromatic rings. The Balaban J connectivity index is 2.84. The van der Waals surface area contributed by atoms with Crippen molar-refractivity contribution in [2.75, 3.05) is 0 Å². The largest absolute Gasteiger partial charge is 0.449 e. The summed E-state index contributed by atoms with van der Waals surface area (Å²) in [4.78, 5) is 0. The zero-order valence-corrected chi connectivity index (χ0v) is 4.57. The second kappa shape index (κ2) is 2.00. The molecule has 0 aliphatic heterocycles. The summed E-state index contributed by atoms with van der Waals surface area (Å²) in [5.41, 5.74) is 0.590. The number of rotatable bonds is 1. The van der Waals surface area contributed by atoms with Gasteiger partial charge in [0.05, 0.1) is 5.59 Å². The van der Waals surface area contributed by atoms with Crippen molar-refractivity contribution in [2.24, 2.45) is 7.05 Å². The van der Waals surface area contributed by atoms with E-state index in [0.717, 1.165) is 7.48 Å². The van der Waals surface area contributed by atoms with Crippen LogP contribution in [0.1, 0.15) is 0 Å². The van der Waals surface area contributed by atoms with Gasteiger partial charge in [0.1, 0.15) is 0 Å². The van der Waals surface area contributed by atoms with Gasteiger partial charge in [0.25, 0.3) is 0 Å². The van der Waals surface area contributed by atoms with Gasteiger partial charge in [-0.2, -0.15) is 5.10 Å². The van der Waals surface area contributed by atoms with Gasteiger partial charge >= 0.3 is 7.48 Å². The molecule has 1 N–H and O–H groups in total. The summed E-state index contributed by atoms with van der Waals surface area (Å²) in [7, 11) is 2.77.